The molecular weight excluding hydrogens is 266 g/mol. The van der Waals surface area contributed by atoms with Gasteiger partial charge in [0.1, 0.15) is 5.56 Å². The van der Waals surface area contributed by atoms with Gasteiger partial charge in [-0.15, -0.1) is 0 Å². The van der Waals surface area contributed by atoms with Crippen LogP contribution in [0.3, 0.4) is 0 Å². The number of methoxy groups -OCH3 is 1. The Morgan fingerprint density at radius 3 is 3.10 bits per heavy atom. The third-order valence-corrected chi connectivity index (χ3v) is 3.87. The molecule has 1 saturated heterocycles. The topological polar surface area (TPSA) is 54.5 Å². The molecule has 0 spiro atoms. The number of aromatic nitrogens is 1. The largest absolute Gasteiger partial charge is 0.480 e. The molecular formula is C16H25N3O2. The fourth-order valence-electron chi connectivity index (χ4n) is 2.69. The van der Waals surface area contributed by atoms with Crippen molar-refractivity contribution in [3.8, 4) is 5.88 Å². The first-order chi connectivity index (χ1) is 10.3. The number of carbonyl (C=O) groups is 1. The van der Waals surface area contributed by atoms with Crippen molar-refractivity contribution >= 4 is 5.91 Å². The first kappa shape index (κ1) is 15.8. The molecule has 0 aromatic carbocycles. The summed E-state index contributed by atoms with van der Waals surface area (Å²) in [5, 5.41) is 3.46. The van der Waals surface area contributed by atoms with Crippen molar-refractivity contribution in [2.75, 3.05) is 26.7 Å². The van der Waals surface area contributed by atoms with E-state index in [0.29, 0.717) is 17.5 Å². The zero-order chi connectivity index (χ0) is 15.1. The summed E-state index contributed by atoms with van der Waals surface area (Å²) in [5.41, 5.74) is 0.550. The van der Waals surface area contributed by atoms with Crippen molar-refractivity contribution in [3.63, 3.8) is 0 Å². The molecule has 5 heteroatoms. The van der Waals surface area contributed by atoms with Gasteiger partial charge in [-0.3, -0.25) is 4.79 Å². The van der Waals surface area contributed by atoms with Gasteiger partial charge in [0.25, 0.3) is 5.91 Å². The van der Waals surface area contributed by atoms with Gasteiger partial charge in [-0.25, -0.2) is 4.98 Å². The standard InChI is InChI=1S/C16H25N3O2/c1-3-4-11-19(12-13-7-5-9-17-13)16(20)14-8-6-10-18-15(14)21-2/h6,8,10,13,17H,3-5,7,9,11-12H2,1-2H3. The van der Waals surface area contributed by atoms with E-state index in [9.17, 15) is 4.79 Å². The zero-order valence-corrected chi connectivity index (χ0v) is 13.0. The molecule has 1 amide bonds. The SMILES string of the molecule is CCCCN(CC1CCCN1)C(=O)c1cccnc1OC. The molecule has 0 bridgehead atoms. The van der Waals surface area contributed by atoms with Gasteiger partial charge < -0.3 is 15.0 Å². The van der Waals surface area contributed by atoms with Crippen LogP contribution in [0.2, 0.25) is 0 Å². The minimum Gasteiger partial charge on any atom is -0.480 e. The fraction of sp³-hybridized carbons (Fsp3) is 0.625. The molecule has 0 aliphatic carbocycles. The zero-order valence-electron chi connectivity index (χ0n) is 13.0. The summed E-state index contributed by atoms with van der Waals surface area (Å²) in [7, 11) is 1.55. The molecule has 1 N–H and O–H groups in total. The summed E-state index contributed by atoms with van der Waals surface area (Å²) < 4.78 is 5.22. The third kappa shape index (κ3) is 4.17. The van der Waals surface area contributed by atoms with Crippen molar-refractivity contribution in [1.82, 2.24) is 15.2 Å². The van der Waals surface area contributed by atoms with Gasteiger partial charge in [0.15, 0.2) is 0 Å². The fourth-order valence-corrected chi connectivity index (χ4v) is 2.69. The Labute approximate surface area is 126 Å². The Morgan fingerprint density at radius 1 is 1.57 bits per heavy atom. The minimum absolute atomic E-state index is 0.0158. The second kappa shape index (κ2) is 7.98. The van der Waals surface area contributed by atoms with Gasteiger partial charge in [-0.2, -0.15) is 0 Å². The molecule has 0 saturated carbocycles. The molecule has 1 aromatic rings. The number of ether oxygens (including phenoxy) is 1. The lowest BCUT2D eigenvalue weighted by Crippen LogP contribution is -2.41. The van der Waals surface area contributed by atoms with Crippen molar-refractivity contribution in [2.24, 2.45) is 0 Å². The van der Waals surface area contributed by atoms with Crippen molar-refractivity contribution < 1.29 is 9.53 Å². The summed E-state index contributed by atoms with van der Waals surface area (Å²) in [4.78, 5) is 18.9. The second-order valence-electron chi connectivity index (χ2n) is 5.46. The summed E-state index contributed by atoms with van der Waals surface area (Å²) >= 11 is 0. The quantitative estimate of drug-likeness (QED) is 0.836. The highest BCUT2D eigenvalue weighted by molar-refractivity contribution is 5.96. The van der Waals surface area contributed by atoms with Crippen LogP contribution < -0.4 is 10.1 Å². The Bertz CT molecular complexity index is 459. The Hall–Kier alpha value is -1.62. The number of nitrogens with one attached hydrogen (secondary N) is 1. The first-order valence-electron chi connectivity index (χ1n) is 7.78. The molecule has 116 valence electrons. The van der Waals surface area contributed by atoms with E-state index in [1.165, 1.54) is 6.42 Å². The molecule has 1 aromatic heterocycles. The number of amides is 1. The van der Waals surface area contributed by atoms with E-state index < -0.39 is 0 Å². The van der Waals surface area contributed by atoms with E-state index >= 15 is 0 Å². The number of carbonyl (C=O) groups excluding carboxylic acids is 1. The monoisotopic (exact) mass is 291 g/mol. The van der Waals surface area contributed by atoms with E-state index in [0.717, 1.165) is 38.9 Å². The van der Waals surface area contributed by atoms with Crippen LogP contribution >= 0.6 is 0 Å². The summed E-state index contributed by atoms with van der Waals surface area (Å²) in [6.07, 6.45) is 6.06. The predicted molar refractivity (Wildman–Crippen MR) is 82.6 cm³/mol. The van der Waals surface area contributed by atoms with Crippen LogP contribution in [-0.4, -0.2) is 48.6 Å². The number of pyridine rings is 1. The van der Waals surface area contributed by atoms with E-state index in [2.05, 4.69) is 17.2 Å². The maximum atomic E-state index is 12.8. The molecule has 1 atom stereocenters. The molecule has 1 aliphatic heterocycles. The van der Waals surface area contributed by atoms with Crippen molar-refractivity contribution in [1.29, 1.82) is 0 Å². The number of hydrogen-bond acceptors (Lipinski definition) is 4. The summed E-state index contributed by atoms with van der Waals surface area (Å²) in [5.74, 6) is 0.422. The van der Waals surface area contributed by atoms with Gasteiger partial charge in [0.2, 0.25) is 5.88 Å². The first-order valence-corrected chi connectivity index (χ1v) is 7.78. The van der Waals surface area contributed by atoms with Gasteiger partial charge in [-0.1, -0.05) is 13.3 Å². The van der Waals surface area contributed by atoms with Crippen LogP contribution in [0.5, 0.6) is 5.88 Å². The van der Waals surface area contributed by atoms with Crippen molar-refractivity contribution in [3.05, 3.63) is 23.9 Å². The molecule has 1 fully saturated rings. The Kier molecular flexibility index (Phi) is 5.99. The normalized spacial score (nSPS) is 17.7. The Balaban J connectivity index is 2.11. The summed E-state index contributed by atoms with van der Waals surface area (Å²) in [6, 6.07) is 3.98. The van der Waals surface area contributed by atoms with Crippen LogP contribution in [-0.2, 0) is 0 Å². The van der Waals surface area contributed by atoms with Gasteiger partial charge >= 0.3 is 0 Å². The van der Waals surface area contributed by atoms with Gasteiger partial charge in [-0.05, 0) is 37.9 Å². The average Bonchev–Trinajstić information content (AvgIpc) is 3.03. The highest BCUT2D eigenvalue weighted by Crippen LogP contribution is 2.18. The lowest BCUT2D eigenvalue weighted by Gasteiger charge is -2.26. The smallest absolute Gasteiger partial charge is 0.259 e. The maximum Gasteiger partial charge on any atom is 0.259 e. The van der Waals surface area contributed by atoms with E-state index in [1.54, 1.807) is 25.4 Å². The molecule has 21 heavy (non-hydrogen) atoms. The molecule has 0 radical (unpaired) electrons. The third-order valence-electron chi connectivity index (χ3n) is 3.87. The molecule has 1 unspecified atom stereocenters. The number of rotatable bonds is 7. The van der Waals surface area contributed by atoms with Crippen molar-refractivity contribution in [2.45, 2.75) is 38.6 Å². The summed E-state index contributed by atoms with van der Waals surface area (Å²) in [6.45, 7) is 4.74. The van der Waals surface area contributed by atoms with Crippen LogP contribution in [0.4, 0.5) is 0 Å². The van der Waals surface area contributed by atoms with Crippen LogP contribution in [0.25, 0.3) is 0 Å². The highest BCUT2D eigenvalue weighted by atomic mass is 16.5. The highest BCUT2D eigenvalue weighted by Gasteiger charge is 2.24. The Morgan fingerprint density at radius 2 is 2.43 bits per heavy atom. The lowest BCUT2D eigenvalue weighted by molar-refractivity contribution is 0.0735. The number of unbranched alkanes of at least 4 members (excludes halogenated alkanes) is 1. The molecule has 2 rings (SSSR count). The second-order valence-corrected chi connectivity index (χ2v) is 5.46. The van der Waals surface area contributed by atoms with Gasteiger partial charge in [0, 0.05) is 25.3 Å². The minimum atomic E-state index is 0.0158. The number of hydrogen-bond donors (Lipinski definition) is 1. The van der Waals surface area contributed by atoms with Gasteiger partial charge in [0.05, 0.1) is 7.11 Å². The van der Waals surface area contributed by atoms with Crippen LogP contribution in [0.15, 0.2) is 18.3 Å². The maximum absolute atomic E-state index is 12.8. The molecule has 2 heterocycles. The lowest BCUT2D eigenvalue weighted by atomic mass is 10.1. The van der Waals surface area contributed by atoms with E-state index in [1.807, 2.05) is 4.90 Å². The molecule has 1 aliphatic rings. The average molecular weight is 291 g/mol. The van der Waals surface area contributed by atoms with E-state index in [-0.39, 0.29) is 5.91 Å². The number of nitrogens with zero attached hydrogens (tertiary/aromatic N) is 2. The van der Waals surface area contributed by atoms with E-state index in [4.69, 9.17) is 4.74 Å². The predicted octanol–water partition coefficient (Wildman–Crippen LogP) is 2.08. The van der Waals surface area contributed by atoms with Crippen LogP contribution in [0, 0.1) is 0 Å². The van der Waals surface area contributed by atoms with Crippen LogP contribution in [0.1, 0.15) is 43.0 Å². The molecule has 5 nitrogen and oxygen atoms in total.